The van der Waals surface area contributed by atoms with Gasteiger partial charge in [0.1, 0.15) is 5.76 Å². The molecule has 3 aromatic rings. The zero-order valence-corrected chi connectivity index (χ0v) is 17.4. The van der Waals surface area contributed by atoms with Gasteiger partial charge in [-0.1, -0.05) is 18.2 Å². The molecule has 0 bridgehead atoms. The Morgan fingerprint density at radius 2 is 1.86 bits per heavy atom. The number of carbonyl (C=O) groups is 1. The summed E-state index contributed by atoms with van der Waals surface area (Å²) in [6.45, 7) is 3.74. The van der Waals surface area contributed by atoms with E-state index in [9.17, 15) is 13.2 Å². The summed E-state index contributed by atoms with van der Waals surface area (Å²) >= 11 is 1.62. The van der Waals surface area contributed by atoms with Gasteiger partial charge < -0.3 is 9.73 Å². The molecule has 7 heteroatoms. The van der Waals surface area contributed by atoms with Gasteiger partial charge in [0.05, 0.1) is 28.7 Å². The van der Waals surface area contributed by atoms with Gasteiger partial charge >= 0.3 is 0 Å². The van der Waals surface area contributed by atoms with Crippen molar-refractivity contribution in [2.45, 2.75) is 36.3 Å². The number of amides is 1. The van der Waals surface area contributed by atoms with Gasteiger partial charge in [-0.05, 0) is 55.1 Å². The lowest BCUT2D eigenvalue weighted by atomic mass is 10.0. The van der Waals surface area contributed by atoms with Crippen molar-refractivity contribution in [3.05, 3.63) is 76.4 Å². The predicted molar refractivity (Wildman–Crippen MR) is 110 cm³/mol. The van der Waals surface area contributed by atoms with Gasteiger partial charge in [0, 0.05) is 11.4 Å². The first kappa shape index (κ1) is 20.4. The first-order valence-corrected chi connectivity index (χ1v) is 11.5. The lowest BCUT2D eigenvalue weighted by molar-refractivity contribution is -0.120. The maximum absolute atomic E-state index is 12.4. The Labute approximate surface area is 169 Å². The third-order valence-electron chi connectivity index (χ3n) is 4.51. The third-order valence-corrected chi connectivity index (χ3v) is 7.67. The Morgan fingerprint density at radius 1 is 1.11 bits per heavy atom. The molecule has 1 amide bonds. The van der Waals surface area contributed by atoms with Gasteiger partial charge in [-0.15, -0.1) is 11.3 Å². The van der Waals surface area contributed by atoms with Gasteiger partial charge in [0.2, 0.25) is 5.91 Å². The van der Waals surface area contributed by atoms with Gasteiger partial charge in [-0.2, -0.15) is 0 Å². The molecule has 0 spiro atoms. The van der Waals surface area contributed by atoms with Crippen molar-refractivity contribution in [2.24, 2.45) is 0 Å². The third kappa shape index (κ3) is 4.72. The van der Waals surface area contributed by atoms with Gasteiger partial charge in [-0.25, -0.2) is 8.42 Å². The van der Waals surface area contributed by atoms with E-state index in [-0.39, 0.29) is 23.1 Å². The molecule has 3 rings (SSSR count). The van der Waals surface area contributed by atoms with Crippen molar-refractivity contribution in [3.8, 4) is 0 Å². The summed E-state index contributed by atoms with van der Waals surface area (Å²) in [5.74, 6) is 0.663. The fourth-order valence-corrected chi connectivity index (χ4v) is 4.75. The van der Waals surface area contributed by atoms with Crippen LogP contribution >= 0.6 is 11.3 Å². The van der Waals surface area contributed by atoms with E-state index in [2.05, 4.69) is 5.32 Å². The first-order chi connectivity index (χ1) is 13.4. The van der Waals surface area contributed by atoms with Crippen LogP contribution in [0.3, 0.4) is 0 Å². The summed E-state index contributed by atoms with van der Waals surface area (Å²) < 4.78 is 29.9. The minimum Gasteiger partial charge on any atom is -0.469 e. The summed E-state index contributed by atoms with van der Waals surface area (Å²) in [6, 6.07) is 14.3. The fourth-order valence-electron chi connectivity index (χ4n) is 2.85. The average molecular weight is 418 g/mol. The minimum atomic E-state index is -3.30. The number of thiophene rings is 1. The first-order valence-electron chi connectivity index (χ1n) is 9.04. The van der Waals surface area contributed by atoms with Gasteiger partial charge in [0.15, 0.2) is 9.84 Å². The molecule has 1 aromatic carbocycles. The minimum absolute atomic E-state index is 0.0301. The van der Waals surface area contributed by atoms with Crippen LogP contribution in [0, 0.1) is 0 Å². The largest absolute Gasteiger partial charge is 0.469 e. The zero-order valence-electron chi connectivity index (χ0n) is 15.8. The topological polar surface area (TPSA) is 76.4 Å². The van der Waals surface area contributed by atoms with Gasteiger partial charge in [-0.3, -0.25) is 4.79 Å². The Balaban J connectivity index is 1.62. The molecule has 0 aliphatic heterocycles. The van der Waals surface area contributed by atoms with E-state index < -0.39 is 15.1 Å². The molecule has 2 aromatic heterocycles. The van der Waals surface area contributed by atoms with Crippen LogP contribution in [0.5, 0.6) is 0 Å². The maximum Gasteiger partial charge on any atom is 0.224 e. The Morgan fingerprint density at radius 3 is 2.43 bits per heavy atom. The molecule has 0 aliphatic rings. The number of furan rings is 1. The quantitative estimate of drug-likeness (QED) is 0.601. The second kappa shape index (κ2) is 8.75. The molecule has 5 nitrogen and oxygen atoms in total. The zero-order chi connectivity index (χ0) is 20.1. The summed E-state index contributed by atoms with van der Waals surface area (Å²) in [5.41, 5.74) is 0.769. The highest BCUT2D eigenvalue weighted by Crippen LogP contribution is 2.28. The van der Waals surface area contributed by atoms with Crippen molar-refractivity contribution in [2.75, 3.05) is 6.54 Å². The maximum atomic E-state index is 12.4. The number of sulfone groups is 1. The van der Waals surface area contributed by atoms with E-state index in [1.807, 2.05) is 29.6 Å². The molecule has 0 aliphatic carbocycles. The smallest absolute Gasteiger partial charge is 0.224 e. The van der Waals surface area contributed by atoms with Crippen LogP contribution in [0.2, 0.25) is 0 Å². The van der Waals surface area contributed by atoms with Crippen molar-refractivity contribution >= 4 is 27.1 Å². The normalized spacial score (nSPS) is 12.8. The van der Waals surface area contributed by atoms with Crippen molar-refractivity contribution < 1.29 is 17.6 Å². The number of benzene rings is 1. The van der Waals surface area contributed by atoms with E-state index in [1.54, 1.807) is 55.7 Å². The monoisotopic (exact) mass is 417 g/mol. The Hall–Kier alpha value is -2.38. The molecule has 0 radical (unpaired) electrons. The summed E-state index contributed by atoms with van der Waals surface area (Å²) in [6.07, 6.45) is 1.82. The molecule has 0 saturated carbocycles. The molecule has 1 atom stereocenters. The highest BCUT2D eigenvalue weighted by atomic mass is 32.2. The summed E-state index contributed by atoms with van der Waals surface area (Å²) in [7, 11) is -3.30. The molecule has 2 heterocycles. The van der Waals surface area contributed by atoms with E-state index in [1.165, 1.54) is 0 Å². The molecule has 148 valence electrons. The van der Waals surface area contributed by atoms with E-state index in [4.69, 9.17) is 4.42 Å². The van der Waals surface area contributed by atoms with Crippen molar-refractivity contribution in [1.29, 1.82) is 0 Å². The molecule has 28 heavy (non-hydrogen) atoms. The van der Waals surface area contributed by atoms with Crippen LogP contribution in [0.1, 0.15) is 36.0 Å². The van der Waals surface area contributed by atoms with Crippen LogP contribution in [0.4, 0.5) is 0 Å². The molecular weight excluding hydrogens is 394 g/mol. The number of carbonyl (C=O) groups excluding carboxylic acids is 1. The average Bonchev–Trinajstić information content (AvgIpc) is 3.37. The van der Waals surface area contributed by atoms with Crippen LogP contribution in [0.25, 0.3) is 0 Å². The fraction of sp³-hybridized carbons (Fsp3) is 0.286. The highest BCUT2D eigenvalue weighted by molar-refractivity contribution is 7.92. The summed E-state index contributed by atoms with van der Waals surface area (Å²) in [5, 5.41) is 4.49. The van der Waals surface area contributed by atoms with Gasteiger partial charge in [0.25, 0.3) is 0 Å². The van der Waals surface area contributed by atoms with Crippen LogP contribution in [0.15, 0.2) is 69.5 Å². The van der Waals surface area contributed by atoms with E-state index >= 15 is 0 Å². The molecule has 0 unspecified atom stereocenters. The Kier molecular flexibility index (Phi) is 6.36. The second-order valence-corrected chi connectivity index (χ2v) is 10.3. The number of hydrogen-bond donors (Lipinski definition) is 1. The predicted octanol–water partition coefficient (Wildman–Crippen LogP) is 4.01. The van der Waals surface area contributed by atoms with Crippen LogP contribution < -0.4 is 5.32 Å². The van der Waals surface area contributed by atoms with Crippen molar-refractivity contribution in [3.63, 3.8) is 0 Å². The highest BCUT2D eigenvalue weighted by Gasteiger charge is 2.20. The molecular formula is C21H23NO4S2. The summed E-state index contributed by atoms with van der Waals surface area (Å²) in [4.78, 5) is 13.8. The SMILES string of the molecule is CC(C)S(=O)(=O)c1ccc(CC(=O)NC[C@@H](c2ccco2)c2cccs2)cc1. The molecule has 0 saturated heterocycles. The second-order valence-electron chi connectivity index (χ2n) is 6.80. The number of rotatable bonds is 8. The van der Waals surface area contributed by atoms with E-state index in [0.29, 0.717) is 6.54 Å². The molecule has 1 N–H and O–H groups in total. The number of nitrogens with one attached hydrogen (secondary N) is 1. The van der Waals surface area contributed by atoms with Crippen LogP contribution in [-0.2, 0) is 21.1 Å². The van der Waals surface area contributed by atoms with Crippen LogP contribution in [-0.4, -0.2) is 26.1 Å². The lowest BCUT2D eigenvalue weighted by Gasteiger charge is -2.14. The Bertz CT molecular complexity index is 955. The molecule has 0 fully saturated rings. The van der Waals surface area contributed by atoms with Crippen molar-refractivity contribution in [1.82, 2.24) is 5.32 Å². The van der Waals surface area contributed by atoms with E-state index in [0.717, 1.165) is 16.2 Å². The lowest BCUT2D eigenvalue weighted by Crippen LogP contribution is -2.29. The number of hydrogen-bond acceptors (Lipinski definition) is 5. The standard InChI is InChI=1S/C21H23NO4S2/c1-15(2)28(24,25)17-9-7-16(8-10-17)13-21(23)22-14-18(19-5-3-11-26-19)20-6-4-12-27-20/h3-12,15,18H,13-14H2,1-2H3,(H,22,23)/t18-/m0/s1.